The van der Waals surface area contributed by atoms with Crippen LogP contribution in [0.4, 0.5) is 17.1 Å². The third-order valence-electron chi connectivity index (χ3n) is 3.55. The highest BCUT2D eigenvalue weighted by Gasteiger charge is 2.17. The van der Waals surface area contributed by atoms with Gasteiger partial charge in [0.05, 0.1) is 11.4 Å². The van der Waals surface area contributed by atoms with Crippen LogP contribution in [0.25, 0.3) is 0 Å². The molecule has 0 aliphatic carbocycles. The van der Waals surface area contributed by atoms with Crippen molar-refractivity contribution in [3.05, 3.63) is 17.7 Å². The van der Waals surface area contributed by atoms with Crippen molar-refractivity contribution in [1.29, 1.82) is 0 Å². The lowest BCUT2D eigenvalue weighted by Crippen LogP contribution is -2.23. The number of carbonyl (C=O) groups is 1. The van der Waals surface area contributed by atoms with Gasteiger partial charge in [-0.2, -0.15) is 0 Å². The fraction of sp³-hybridized carbons (Fsp3) is 0.500. The van der Waals surface area contributed by atoms with Gasteiger partial charge in [-0.05, 0) is 37.0 Å². The van der Waals surface area contributed by atoms with Crippen molar-refractivity contribution in [2.24, 2.45) is 5.92 Å². The first-order valence-corrected chi connectivity index (χ1v) is 6.46. The van der Waals surface area contributed by atoms with E-state index in [1.807, 2.05) is 6.07 Å². The highest BCUT2D eigenvalue weighted by Crippen LogP contribution is 2.31. The van der Waals surface area contributed by atoms with Crippen LogP contribution in [0, 0.1) is 5.92 Å². The first-order valence-electron chi connectivity index (χ1n) is 6.46. The van der Waals surface area contributed by atoms with Gasteiger partial charge in [-0.25, -0.2) is 0 Å². The van der Waals surface area contributed by atoms with Gasteiger partial charge in [0.15, 0.2) is 0 Å². The number of hydrogen-bond acceptors (Lipinski definition) is 3. The minimum absolute atomic E-state index is 0.0677. The summed E-state index contributed by atoms with van der Waals surface area (Å²) < 4.78 is 0. The van der Waals surface area contributed by atoms with Crippen LogP contribution in [0.2, 0.25) is 0 Å². The molecule has 0 fully saturated rings. The van der Waals surface area contributed by atoms with Crippen molar-refractivity contribution in [1.82, 2.24) is 0 Å². The summed E-state index contributed by atoms with van der Waals surface area (Å²) in [5.74, 6) is 0.610. The third kappa shape index (κ3) is 2.58. The van der Waals surface area contributed by atoms with Crippen molar-refractivity contribution in [3.63, 3.8) is 0 Å². The van der Waals surface area contributed by atoms with E-state index in [1.165, 1.54) is 0 Å². The Labute approximate surface area is 108 Å². The molecule has 1 aromatic rings. The molecular weight excluding hydrogens is 226 g/mol. The number of benzene rings is 1. The van der Waals surface area contributed by atoms with Crippen LogP contribution in [0.1, 0.15) is 32.8 Å². The molecule has 1 aliphatic heterocycles. The summed E-state index contributed by atoms with van der Waals surface area (Å²) in [7, 11) is 0. The number of anilines is 3. The molecule has 4 N–H and O–H groups in total. The van der Waals surface area contributed by atoms with Crippen LogP contribution in [0.15, 0.2) is 12.1 Å². The maximum Gasteiger partial charge on any atom is 0.224 e. The van der Waals surface area contributed by atoms with Crippen molar-refractivity contribution in [2.75, 3.05) is 16.4 Å². The smallest absolute Gasteiger partial charge is 0.224 e. The topological polar surface area (TPSA) is 67.2 Å². The SMILES string of the molecule is CC(C)C(C)Nc1cc2c(cc1N)NC(=O)CC2. The van der Waals surface area contributed by atoms with Gasteiger partial charge < -0.3 is 16.4 Å². The molecule has 4 nitrogen and oxygen atoms in total. The standard InChI is InChI=1S/C14H21N3O/c1-8(2)9(3)16-13-6-10-4-5-14(18)17-12(10)7-11(13)15/h6-9,16H,4-5,15H2,1-3H3,(H,17,18). The van der Waals surface area contributed by atoms with Gasteiger partial charge in [-0.15, -0.1) is 0 Å². The van der Waals surface area contributed by atoms with Crippen molar-refractivity contribution in [3.8, 4) is 0 Å². The molecule has 1 atom stereocenters. The number of rotatable bonds is 3. The summed E-state index contributed by atoms with van der Waals surface area (Å²) in [6, 6.07) is 4.27. The minimum atomic E-state index is 0.0677. The zero-order chi connectivity index (χ0) is 13.3. The highest BCUT2D eigenvalue weighted by molar-refractivity contribution is 5.95. The lowest BCUT2D eigenvalue weighted by molar-refractivity contribution is -0.116. The minimum Gasteiger partial charge on any atom is -0.397 e. The number of fused-ring (bicyclic) bond motifs is 1. The van der Waals surface area contributed by atoms with Gasteiger partial charge in [0.1, 0.15) is 0 Å². The molecule has 1 unspecified atom stereocenters. The van der Waals surface area contributed by atoms with Crippen molar-refractivity contribution in [2.45, 2.75) is 39.7 Å². The van der Waals surface area contributed by atoms with Gasteiger partial charge in [0.25, 0.3) is 0 Å². The number of carbonyl (C=O) groups excluding carboxylic acids is 1. The summed E-state index contributed by atoms with van der Waals surface area (Å²) in [4.78, 5) is 11.3. The normalized spacial score (nSPS) is 16.1. The highest BCUT2D eigenvalue weighted by atomic mass is 16.1. The zero-order valence-electron chi connectivity index (χ0n) is 11.2. The lowest BCUT2D eigenvalue weighted by atomic mass is 10.00. The molecule has 4 heteroatoms. The Morgan fingerprint density at radius 2 is 2.00 bits per heavy atom. The van der Waals surface area contributed by atoms with E-state index in [-0.39, 0.29) is 5.91 Å². The number of nitrogen functional groups attached to an aromatic ring is 1. The number of nitrogens with one attached hydrogen (secondary N) is 2. The molecule has 0 spiro atoms. The first-order chi connectivity index (χ1) is 8.47. The summed E-state index contributed by atoms with van der Waals surface area (Å²) in [6.45, 7) is 6.49. The Bertz CT molecular complexity index is 468. The van der Waals surface area contributed by atoms with Crippen LogP contribution in [0.5, 0.6) is 0 Å². The Balaban J connectivity index is 2.25. The first kappa shape index (κ1) is 12.7. The number of hydrogen-bond donors (Lipinski definition) is 3. The van der Waals surface area contributed by atoms with Crippen LogP contribution in [0.3, 0.4) is 0 Å². The van der Waals surface area contributed by atoms with Gasteiger partial charge in [0, 0.05) is 18.2 Å². The lowest BCUT2D eigenvalue weighted by Gasteiger charge is -2.23. The molecule has 0 saturated carbocycles. The molecule has 2 rings (SSSR count). The zero-order valence-corrected chi connectivity index (χ0v) is 11.2. The van der Waals surface area contributed by atoms with Gasteiger partial charge in [0.2, 0.25) is 5.91 Å². The van der Waals surface area contributed by atoms with Gasteiger partial charge in [-0.1, -0.05) is 13.8 Å². The van der Waals surface area contributed by atoms with E-state index < -0.39 is 0 Å². The monoisotopic (exact) mass is 247 g/mol. The quantitative estimate of drug-likeness (QED) is 0.719. The van der Waals surface area contributed by atoms with E-state index in [9.17, 15) is 4.79 Å². The molecule has 1 amide bonds. The Hall–Kier alpha value is -1.71. The Morgan fingerprint density at radius 1 is 1.28 bits per heavy atom. The number of nitrogens with two attached hydrogens (primary N) is 1. The summed E-state index contributed by atoms with van der Waals surface area (Å²) in [5.41, 5.74) is 9.68. The molecule has 0 saturated heterocycles. The van der Waals surface area contributed by atoms with Crippen molar-refractivity contribution >= 4 is 23.0 Å². The molecule has 1 aromatic carbocycles. The Morgan fingerprint density at radius 3 is 2.67 bits per heavy atom. The average Bonchev–Trinajstić information content (AvgIpc) is 2.30. The molecule has 18 heavy (non-hydrogen) atoms. The van der Waals surface area contributed by atoms with Crippen LogP contribution in [-0.4, -0.2) is 11.9 Å². The van der Waals surface area contributed by atoms with E-state index in [0.29, 0.717) is 24.1 Å². The van der Waals surface area contributed by atoms with Crippen LogP contribution in [-0.2, 0) is 11.2 Å². The molecule has 98 valence electrons. The number of amides is 1. The fourth-order valence-electron chi connectivity index (χ4n) is 1.98. The molecule has 0 bridgehead atoms. The molecule has 1 aliphatic rings. The van der Waals surface area contributed by atoms with E-state index >= 15 is 0 Å². The maximum absolute atomic E-state index is 11.3. The van der Waals surface area contributed by atoms with E-state index in [1.54, 1.807) is 0 Å². The predicted molar refractivity (Wildman–Crippen MR) is 75.7 cm³/mol. The third-order valence-corrected chi connectivity index (χ3v) is 3.55. The second-order valence-electron chi connectivity index (χ2n) is 5.32. The average molecular weight is 247 g/mol. The van der Waals surface area contributed by atoms with Crippen LogP contribution >= 0.6 is 0 Å². The second kappa shape index (κ2) is 4.88. The molecule has 0 radical (unpaired) electrons. The molecule has 1 heterocycles. The second-order valence-corrected chi connectivity index (χ2v) is 5.32. The van der Waals surface area contributed by atoms with E-state index in [4.69, 9.17) is 5.73 Å². The largest absolute Gasteiger partial charge is 0.397 e. The van der Waals surface area contributed by atoms with Crippen molar-refractivity contribution < 1.29 is 4.79 Å². The summed E-state index contributed by atoms with van der Waals surface area (Å²) in [6.07, 6.45) is 1.34. The summed E-state index contributed by atoms with van der Waals surface area (Å²) >= 11 is 0. The number of aryl methyl sites for hydroxylation is 1. The Kier molecular flexibility index (Phi) is 3.45. The summed E-state index contributed by atoms with van der Waals surface area (Å²) in [5, 5.41) is 6.29. The van der Waals surface area contributed by atoms with E-state index in [0.717, 1.165) is 23.4 Å². The molecular formula is C14H21N3O. The molecule has 0 aromatic heterocycles. The predicted octanol–water partition coefficient (Wildman–Crippen LogP) is 2.61. The van der Waals surface area contributed by atoms with Gasteiger partial charge in [-0.3, -0.25) is 4.79 Å². The van der Waals surface area contributed by atoms with E-state index in [2.05, 4.69) is 37.5 Å². The fourth-order valence-corrected chi connectivity index (χ4v) is 1.98. The van der Waals surface area contributed by atoms with Gasteiger partial charge >= 0.3 is 0 Å². The van der Waals surface area contributed by atoms with Crippen LogP contribution < -0.4 is 16.4 Å². The maximum atomic E-state index is 11.3.